The molecule has 2 nitrogen and oxygen atoms in total. The van der Waals surface area contributed by atoms with E-state index in [2.05, 4.69) is 15.3 Å². The largest absolute Gasteiger partial charge is 0.244 e. The van der Waals surface area contributed by atoms with Gasteiger partial charge in [0.05, 0.1) is 11.1 Å². The van der Waals surface area contributed by atoms with Crippen molar-refractivity contribution in [1.82, 2.24) is 9.97 Å². The zero-order valence-corrected chi connectivity index (χ0v) is 8.62. The fraction of sp³-hybridized carbons (Fsp3) is 0. The number of pyridine rings is 1. The van der Waals surface area contributed by atoms with Gasteiger partial charge in [-0.15, -0.1) is 11.3 Å². The highest BCUT2D eigenvalue weighted by Crippen LogP contribution is 2.23. The molecular formula is C8H3Cl2N2S. The molecule has 2 aromatic heterocycles. The summed E-state index contributed by atoms with van der Waals surface area (Å²) in [5.74, 6) is 0. The third-order valence-electron chi connectivity index (χ3n) is 1.43. The van der Waals surface area contributed by atoms with Gasteiger partial charge in [-0.1, -0.05) is 23.2 Å². The second-order valence-electron chi connectivity index (χ2n) is 2.29. The first kappa shape index (κ1) is 8.94. The molecule has 0 unspecified atom stereocenters. The Morgan fingerprint density at radius 2 is 2.15 bits per heavy atom. The number of hydrogen-bond acceptors (Lipinski definition) is 3. The van der Waals surface area contributed by atoms with E-state index in [1.165, 1.54) is 11.3 Å². The first-order valence-electron chi connectivity index (χ1n) is 3.41. The minimum absolute atomic E-state index is 0.463. The van der Waals surface area contributed by atoms with E-state index in [0.717, 1.165) is 5.56 Å². The summed E-state index contributed by atoms with van der Waals surface area (Å²) >= 11 is 12.6. The van der Waals surface area contributed by atoms with Crippen LogP contribution >= 0.6 is 34.5 Å². The predicted molar refractivity (Wildman–Crippen MR) is 54.2 cm³/mol. The standard InChI is InChI=1S/C8H3Cl2N2S/c9-7-2-1-5(3-11-7)6-4-13-8(10)12-6/h1-3H. The van der Waals surface area contributed by atoms with Gasteiger partial charge in [-0.05, 0) is 12.1 Å². The third-order valence-corrected chi connectivity index (χ3v) is 2.53. The Labute approximate surface area is 89.2 Å². The second-order valence-corrected chi connectivity index (χ2v) is 4.05. The van der Waals surface area contributed by atoms with Crippen LogP contribution in [0.4, 0.5) is 0 Å². The molecule has 0 N–H and O–H groups in total. The Bertz CT molecular complexity index is 410. The summed E-state index contributed by atoms with van der Waals surface area (Å²) in [5, 5.41) is 3.42. The van der Waals surface area contributed by atoms with Crippen molar-refractivity contribution >= 4 is 34.5 Å². The highest BCUT2D eigenvalue weighted by Gasteiger charge is 2.03. The number of rotatable bonds is 1. The molecule has 5 heteroatoms. The van der Waals surface area contributed by atoms with Crippen LogP contribution in [0, 0.1) is 5.38 Å². The number of nitrogens with zero attached hydrogens (tertiary/aromatic N) is 2. The van der Waals surface area contributed by atoms with Crippen molar-refractivity contribution in [2.45, 2.75) is 0 Å². The van der Waals surface area contributed by atoms with Gasteiger partial charge in [0.25, 0.3) is 0 Å². The monoisotopic (exact) mass is 229 g/mol. The molecule has 65 valence electrons. The Morgan fingerprint density at radius 1 is 1.31 bits per heavy atom. The molecule has 0 spiro atoms. The summed E-state index contributed by atoms with van der Waals surface area (Å²) in [4.78, 5) is 7.99. The van der Waals surface area contributed by atoms with E-state index in [4.69, 9.17) is 23.2 Å². The van der Waals surface area contributed by atoms with Gasteiger partial charge in [-0.2, -0.15) is 0 Å². The highest BCUT2D eigenvalue weighted by molar-refractivity contribution is 7.13. The lowest BCUT2D eigenvalue weighted by Gasteiger charge is -1.93. The van der Waals surface area contributed by atoms with Gasteiger partial charge >= 0.3 is 0 Å². The maximum atomic E-state index is 5.67. The van der Waals surface area contributed by atoms with Gasteiger partial charge in [-0.25, -0.2) is 9.97 Å². The van der Waals surface area contributed by atoms with Crippen LogP contribution in [0.1, 0.15) is 0 Å². The number of aromatic nitrogens is 2. The maximum absolute atomic E-state index is 5.67. The predicted octanol–water partition coefficient (Wildman–Crippen LogP) is 3.31. The molecule has 0 amide bonds. The molecule has 0 aliphatic carbocycles. The highest BCUT2D eigenvalue weighted by atomic mass is 35.5. The molecule has 0 saturated carbocycles. The van der Waals surface area contributed by atoms with Crippen LogP contribution in [-0.2, 0) is 0 Å². The molecule has 0 aliphatic rings. The zero-order chi connectivity index (χ0) is 9.26. The number of thiazole rings is 1. The van der Waals surface area contributed by atoms with Crippen LogP contribution in [0.5, 0.6) is 0 Å². The quantitative estimate of drug-likeness (QED) is 0.702. The van der Waals surface area contributed by atoms with Gasteiger partial charge in [0, 0.05) is 11.8 Å². The lowest BCUT2D eigenvalue weighted by molar-refractivity contribution is 1.30. The fourth-order valence-corrected chi connectivity index (χ4v) is 1.66. The molecule has 0 atom stereocenters. The van der Waals surface area contributed by atoms with Crippen LogP contribution in [-0.4, -0.2) is 9.97 Å². The summed E-state index contributed by atoms with van der Waals surface area (Å²) in [6.07, 6.45) is 1.64. The Balaban J connectivity index is 2.41. The lowest BCUT2D eigenvalue weighted by atomic mass is 10.2. The van der Waals surface area contributed by atoms with Crippen molar-refractivity contribution in [1.29, 1.82) is 0 Å². The van der Waals surface area contributed by atoms with Crippen molar-refractivity contribution in [2.75, 3.05) is 0 Å². The van der Waals surface area contributed by atoms with Crippen LogP contribution in [0.15, 0.2) is 18.3 Å². The fourth-order valence-electron chi connectivity index (χ4n) is 0.863. The van der Waals surface area contributed by atoms with E-state index in [-0.39, 0.29) is 0 Å². The van der Waals surface area contributed by atoms with Crippen molar-refractivity contribution in [3.63, 3.8) is 0 Å². The molecule has 1 radical (unpaired) electrons. The Hall–Kier alpha value is -0.640. The van der Waals surface area contributed by atoms with Crippen LogP contribution in [0.25, 0.3) is 11.3 Å². The second kappa shape index (κ2) is 3.62. The molecule has 2 rings (SSSR count). The van der Waals surface area contributed by atoms with Crippen molar-refractivity contribution in [3.8, 4) is 11.3 Å². The molecular weight excluding hydrogens is 227 g/mol. The van der Waals surface area contributed by atoms with Gasteiger partial charge in [-0.3, -0.25) is 0 Å². The average Bonchev–Trinajstić information content (AvgIpc) is 2.53. The smallest absolute Gasteiger partial charge is 0.184 e. The first-order chi connectivity index (χ1) is 6.25. The van der Waals surface area contributed by atoms with E-state index in [1.807, 2.05) is 6.07 Å². The van der Waals surface area contributed by atoms with Crippen molar-refractivity contribution < 1.29 is 0 Å². The lowest BCUT2D eigenvalue weighted by Crippen LogP contribution is -1.79. The summed E-state index contributed by atoms with van der Waals surface area (Å²) in [6, 6.07) is 3.54. The van der Waals surface area contributed by atoms with E-state index in [9.17, 15) is 0 Å². The van der Waals surface area contributed by atoms with Gasteiger partial charge < -0.3 is 0 Å². The Morgan fingerprint density at radius 3 is 2.69 bits per heavy atom. The SMILES string of the molecule is Clc1ccc(-c2[c]sc(Cl)n2)cn1. The summed E-state index contributed by atoms with van der Waals surface area (Å²) in [7, 11) is 0. The topological polar surface area (TPSA) is 25.8 Å². The van der Waals surface area contributed by atoms with Crippen LogP contribution < -0.4 is 0 Å². The zero-order valence-electron chi connectivity index (χ0n) is 6.29. The Kier molecular flexibility index (Phi) is 2.49. The van der Waals surface area contributed by atoms with E-state index < -0.39 is 0 Å². The summed E-state index contributed by atoms with van der Waals surface area (Å²) < 4.78 is 0.477. The number of halogens is 2. The maximum Gasteiger partial charge on any atom is 0.184 e. The van der Waals surface area contributed by atoms with E-state index in [1.54, 1.807) is 12.3 Å². The van der Waals surface area contributed by atoms with Crippen molar-refractivity contribution in [3.05, 3.63) is 33.3 Å². The third kappa shape index (κ3) is 1.99. The molecule has 2 heterocycles. The minimum atomic E-state index is 0.463. The molecule has 0 saturated heterocycles. The van der Waals surface area contributed by atoms with Crippen molar-refractivity contribution in [2.24, 2.45) is 0 Å². The van der Waals surface area contributed by atoms with Crippen LogP contribution in [0.3, 0.4) is 0 Å². The minimum Gasteiger partial charge on any atom is -0.244 e. The molecule has 2 aromatic rings. The molecule has 0 fully saturated rings. The van der Waals surface area contributed by atoms with E-state index in [0.29, 0.717) is 15.3 Å². The summed E-state index contributed by atoms with van der Waals surface area (Å²) in [5.41, 5.74) is 1.58. The average molecular weight is 230 g/mol. The van der Waals surface area contributed by atoms with Gasteiger partial charge in [0.1, 0.15) is 5.15 Å². The summed E-state index contributed by atoms with van der Waals surface area (Å²) in [6.45, 7) is 0. The van der Waals surface area contributed by atoms with Crippen LogP contribution in [0.2, 0.25) is 9.62 Å². The molecule has 13 heavy (non-hydrogen) atoms. The normalized spacial score (nSPS) is 10.3. The molecule has 0 aromatic carbocycles. The van der Waals surface area contributed by atoms with E-state index >= 15 is 0 Å². The van der Waals surface area contributed by atoms with Gasteiger partial charge in [0.2, 0.25) is 0 Å². The first-order valence-corrected chi connectivity index (χ1v) is 4.99. The molecule has 0 bridgehead atoms. The number of hydrogen-bond donors (Lipinski definition) is 0. The van der Waals surface area contributed by atoms with Gasteiger partial charge in [0.15, 0.2) is 4.47 Å². The molecule has 0 aliphatic heterocycles.